The topological polar surface area (TPSA) is 41.6 Å². The minimum absolute atomic E-state index is 0.119. The molecule has 4 nitrogen and oxygen atoms in total. The van der Waals surface area contributed by atoms with Crippen LogP contribution in [0.5, 0.6) is 5.75 Å². The Morgan fingerprint density at radius 1 is 1.35 bits per heavy atom. The molecule has 0 aliphatic carbocycles. The van der Waals surface area contributed by atoms with Crippen molar-refractivity contribution < 1.29 is 22.7 Å². The summed E-state index contributed by atoms with van der Waals surface area (Å²) in [6.45, 7) is 1.60. The molecule has 1 fully saturated rings. The normalized spacial score (nSPS) is 18.9. The predicted octanol–water partition coefficient (Wildman–Crippen LogP) is 2.02. The molecular formula is C13H15F3N2O2. The van der Waals surface area contributed by atoms with Gasteiger partial charge in [-0.3, -0.25) is 4.79 Å². The van der Waals surface area contributed by atoms with E-state index in [-0.39, 0.29) is 17.7 Å². The molecule has 110 valence electrons. The van der Waals surface area contributed by atoms with Gasteiger partial charge in [-0.2, -0.15) is 0 Å². The van der Waals surface area contributed by atoms with Crippen molar-refractivity contribution in [3.63, 3.8) is 0 Å². The number of nitrogens with one attached hydrogen (secondary N) is 1. The Bertz CT molecular complexity index is 467. The Labute approximate surface area is 114 Å². The Balaban J connectivity index is 2.03. The molecule has 1 amide bonds. The first-order chi connectivity index (χ1) is 9.37. The number of carbonyl (C=O) groups excluding carboxylic acids is 1. The molecule has 0 radical (unpaired) electrons. The molecule has 20 heavy (non-hydrogen) atoms. The fourth-order valence-corrected chi connectivity index (χ4v) is 2.14. The maximum Gasteiger partial charge on any atom is 0.573 e. The van der Waals surface area contributed by atoms with E-state index in [0.717, 1.165) is 31.6 Å². The average molecular weight is 288 g/mol. The first-order valence-corrected chi connectivity index (χ1v) is 6.20. The Morgan fingerprint density at radius 3 is 2.50 bits per heavy atom. The van der Waals surface area contributed by atoms with Crippen LogP contribution in [0.3, 0.4) is 0 Å². The number of halogens is 3. The third-order valence-corrected chi connectivity index (χ3v) is 3.24. The maximum absolute atomic E-state index is 12.2. The summed E-state index contributed by atoms with van der Waals surface area (Å²) in [5, 5.41) is 3.16. The van der Waals surface area contributed by atoms with Crippen molar-refractivity contribution in [1.29, 1.82) is 0 Å². The van der Waals surface area contributed by atoms with Crippen molar-refractivity contribution >= 4 is 5.91 Å². The van der Waals surface area contributed by atoms with Gasteiger partial charge in [-0.1, -0.05) is 0 Å². The molecule has 2 rings (SSSR count). The average Bonchev–Trinajstić information content (AvgIpc) is 2.90. The van der Waals surface area contributed by atoms with E-state index in [4.69, 9.17) is 0 Å². The van der Waals surface area contributed by atoms with Gasteiger partial charge in [0, 0.05) is 25.2 Å². The number of ether oxygens (including phenoxy) is 1. The molecule has 1 heterocycles. The van der Waals surface area contributed by atoms with Crippen LogP contribution >= 0.6 is 0 Å². The molecule has 1 aliphatic rings. The lowest BCUT2D eigenvalue weighted by atomic mass is 10.1. The summed E-state index contributed by atoms with van der Waals surface area (Å²) in [6, 6.07) is 5.07. The van der Waals surface area contributed by atoms with Crippen LogP contribution in [0, 0.1) is 0 Å². The highest BCUT2D eigenvalue weighted by atomic mass is 19.4. The third kappa shape index (κ3) is 3.63. The van der Waals surface area contributed by atoms with Crippen LogP contribution in [0.2, 0.25) is 0 Å². The molecule has 1 saturated heterocycles. The van der Waals surface area contributed by atoms with E-state index in [0.29, 0.717) is 5.56 Å². The second-order valence-electron chi connectivity index (χ2n) is 4.63. The Morgan fingerprint density at radius 2 is 2.00 bits per heavy atom. The number of rotatable bonds is 3. The molecule has 1 aliphatic heterocycles. The predicted molar refractivity (Wildman–Crippen MR) is 66.5 cm³/mol. The lowest BCUT2D eigenvalue weighted by molar-refractivity contribution is -0.274. The van der Waals surface area contributed by atoms with Gasteiger partial charge in [0.05, 0.1) is 0 Å². The smallest absolute Gasteiger partial charge is 0.406 e. The number of hydrogen-bond donors (Lipinski definition) is 1. The highest BCUT2D eigenvalue weighted by molar-refractivity contribution is 5.94. The van der Waals surface area contributed by atoms with E-state index >= 15 is 0 Å². The molecule has 1 atom stereocenters. The van der Waals surface area contributed by atoms with Crippen molar-refractivity contribution in [3.05, 3.63) is 29.8 Å². The fourth-order valence-electron chi connectivity index (χ4n) is 2.14. The molecule has 1 aromatic rings. The highest BCUT2D eigenvalue weighted by Crippen LogP contribution is 2.23. The molecule has 7 heteroatoms. The van der Waals surface area contributed by atoms with Crippen molar-refractivity contribution in [2.45, 2.75) is 18.8 Å². The summed E-state index contributed by atoms with van der Waals surface area (Å²) < 4.78 is 39.8. The van der Waals surface area contributed by atoms with Crippen LogP contribution in [-0.4, -0.2) is 43.3 Å². The summed E-state index contributed by atoms with van der Waals surface area (Å²) in [7, 11) is 1.69. The Kier molecular flexibility index (Phi) is 4.17. The molecule has 1 aromatic carbocycles. The summed E-state index contributed by atoms with van der Waals surface area (Å²) in [4.78, 5) is 13.8. The Hall–Kier alpha value is -1.76. The number of hydrogen-bond acceptors (Lipinski definition) is 3. The minimum Gasteiger partial charge on any atom is -0.406 e. The molecule has 0 aromatic heterocycles. The van der Waals surface area contributed by atoms with Crippen molar-refractivity contribution in [2.75, 3.05) is 20.1 Å². The molecule has 0 spiro atoms. The number of carbonyl (C=O) groups is 1. The van der Waals surface area contributed by atoms with Crippen LogP contribution in [-0.2, 0) is 0 Å². The second kappa shape index (κ2) is 5.70. The summed E-state index contributed by atoms with van der Waals surface area (Å²) >= 11 is 0. The van der Waals surface area contributed by atoms with E-state index in [9.17, 15) is 18.0 Å². The van der Waals surface area contributed by atoms with Crippen LogP contribution in [0.4, 0.5) is 13.2 Å². The molecule has 1 unspecified atom stereocenters. The van der Waals surface area contributed by atoms with Gasteiger partial charge in [-0.05, 0) is 37.2 Å². The SMILES string of the molecule is CN(C(=O)c1ccc(OC(F)(F)F)cc1)C1CCNC1. The van der Waals surface area contributed by atoms with Crippen molar-refractivity contribution in [1.82, 2.24) is 10.2 Å². The van der Waals surface area contributed by atoms with Crippen LogP contribution in [0.1, 0.15) is 16.8 Å². The van der Waals surface area contributed by atoms with Crippen molar-refractivity contribution in [2.24, 2.45) is 0 Å². The van der Waals surface area contributed by atoms with E-state index in [2.05, 4.69) is 10.1 Å². The molecule has 1 N–H and O–H groups in total. The fraction of sp³-hybridized carbons (Fsp3) is 0.462. The molecule has 0 saturated carbocycles. The zero-order valence-electron chi connectivity index (χ0n) is 10.9. The van der Waals surface area contributed by atoms with Gasteiger partial charge >= 0.3 is 6.36 Å². The van der Waals surface area contributed by atoms with Gasteiger partial charge in [-0.25, -0.2) is 0 Å². The van der Waals surface area contributed by atoms with Gasteiger partial charge < -0.3 is 15.0 Å². The van der Waals surface area contributed by atoms with Gasteiger partial charge in [0.2, 0.25) is 0 Å². The van der Waals surface area contributed by atoms with E-state index < -0.39 is 6.36 Å². The van der Waals surface area contributed by atoms with Crippen LogP contribution in [0.25, 0.3) is 0 Å². The third-order valence-electron chi connectivity index (χ3n) is 3.24. The number of nitrogens with zero attached hydrogens (tertiary/aromatic N) is 1. The number of benzene rings is 1. The number of likely N-dealkylation sites (N-methyl/N-ethyl adjacent to an activating group) is 1. The minimum atomic E-state index is -4.72. The van der Waals surface area contributed by atoms with Gasteiger partial charge in [0.15, 0.2) is 0 Å². The maximum atomic E-state index is 12.2. The van der Waals surface area contributed by atoms with Crippen molar-refractivity contribution in [3.8, 4) is 5.75 Å². The van der Waals surface area contributed by atoms with Gasteiger partial charge in [0.25, 0.3) is 5.91 Å². The number of amides is 1. The van der Waals surface area contributed by atoms with Crippen LogP contribution < -0.4 is 10.1 Å². The first-order valence-electron chi connectivity index (χ1n) is 6.20. The molecular weight excluding hydrogens is 273 g/mol. The summed E-state index contributed by atoms with van der Waals surface area (Å²) in [5.41, 5.74) is 0.342. The monoisotopic (exact) mass is 288 g/mol. The van der Waals surface area contributed by atoms with Gasteiger partial charge in [-0.15, -0.1) is 13.2 Å². The van der Waals surface area contributed by atoms with Crippen LogP contribution in [0.15, 0.2) is 24.3 Å². The van der Waals surface area contributed by atoms with E-state index in [1.165, 1.54) is 12.1 Å². The summed E-state index contributed by atoms with van der Waals surface area (Å²) in [5.74, 6) is -0.545. The lowest BCUT2D eigenvalue weighted by Gasteiger charge is -2.23. The molecule has 0 bridgehead atoms. The zero-order chi connectivity index (χ0) is 14.8. The van der Waals surface area contributed by atoms with E-state index in [1.54, 1.807) is 11.9 Å². The summed E-state index contributed by atoms with van der Waals surface area (Å²) in [6.07, 6.45) is -3.85. The standard InChI is InChI=1S/C13H15F3N2O2/c1-18(10-6-7-17-8-10)12(19)9-2-4-11(5-3-9)20-13(14,15)16/h2-5,10,17H,6-8H2,1H3. The number of alkyl halides is 3. The largest absolute Gasteiger partial charge is 0.573 e. The van der Waals surface area contributed by atoms with Gasteiger partial charge in [0.1, 0.15) is 5.75 Å². The van der Waals surface area contributed by atoms with E-state index in [1.807, 2.05) is 0 Å². The lowest BCUT2D eigenvalue weighted by Crippen LogP contribution is -2.38. The highest BCUT2D eigenvalue weighted by Gasteiger charge is 2.31. The zero-order valence-corrected chi connectivity index (χ0v) is 10.9. The first kappa shape index (κ1) is 14.6. The quantitative estimate of drug-likeness (QED) is 0.925. The second-order valence-corrected chi connectivity index (χ2v) is 4.63.